The molecule has 0 aromatic rings. The van der Waals surface area contributed by atoms with E-state index in [1.54, 1.807) is 4.90 Å². The second kappa shape index (κ2) is 8.84. The topological polar surface area (TPSA) is 120 Å². The number of nitrogens with one attached hydrogen (secondary N) is 1. The smallest absolute Gasteiger partial charge is 0.319 e. The van der Waals surface area contributed by atoms with Gasteiger partial charge in [-0.25, -0.2) is 4.79 Å². The summed E-state index contributed by atoms with van der Waals surface area (Å²) in [7, 11) is 0. The van der Waals surface area contributed by atoms with Crippen LogP contribution in [0.2, 0.25) is 0 Å². The standard InChI is InChI=1S/C16H24N2O8/c1-9(19)24-12-8-23-15(17-16(22)18-6-4-5-7-18)14(26-11(3)21)13(12)25-10(2)20/h12-15H,4-8H2,1-3H3,(H,17,22)/t12-,13+,14-,15-/m1/s1. The lowest BCUT2D eigenvalue weighted by Crippen LogP contribution is -2.63. The van der Waals surface area contributed by atoms with Gasteiger partial charge < -0.3 is 29.2 Å². The van der Waals surface area contributed by atoms with Crippen LogP contribution in [0, 0.1) is 0 Å². The van der Waals surface area contributed by atoms with Crippen LogP contribution >= 0.6 is 0 Å². The average Bonchev–Trinajstić information content (AvgIpc) is 3.06. The molecule has 2 fully saturated rings. The molecule has 2 amide bonds. The summed E-state index contributed by atoms with van der Waals surface area (Å²) in [5.41, 5.74) is 0. The Morgan fingerprint density at radius 3 is 1.96 bits per heavy atom. The molecule has 2 aliphatic rings. The van der Waals surface area contributed by atoms with E-state index in [4.69, 9.17) is 18.9 Å². The minimum absolute atomic E-state index is 0.125. The highest BCUT2D eigenvalue weighted by molar-refractivity contribution is 5.75. The summed E-state index contributed by atoms with van der Waals surface area (Å²) >= 11 is 0. The Hall–Kier alpha value is -2.36. The molecule has 2 rings (SSSR count). The van der Waals surface area contributed by atoms with Crippen molar-refractivity contribution >= 4 is 23.9 Å². The van der Waals surface area contributed by atoms with Crippen molar-refractivity contribution in [3.05, 3.63) is 0 Å². The summed E-state index contributed by atoms with van der Waals surface area (Å²) in [5.74, 6) is -1.90. The zero-order valence-corrected chi connectivity index (χ0v) is 15.1. The van der Waals surface area contributed by atoms with Crippen molar-refractivity contribution in [1.82, 2.24) is 10.2 Å². The number of urea groups is 1. The molecular weight excluding hydrogens is 348 g/mol. The maximum Gasteiger partial charge on any atom is 0.319 e. The molecule has 0 bridgehead atoms. The molecule has 0 aliphatic carbocycles. The number of esters is 3. The molecule has 26 heavy (non-hydrogen) atoms. The van der Waals surface area contributed by atoms with E-state index in [-0.39, 0.29) is 12.6 Å². The third-order valence-electron chi connectivity index (χ3n) is 4.01. The number of ether oxygens (including phenoxy) is 4. The van der Waals surface area contributed by atoms with Gasteiger partial charge in [0.1, 0.15) is 0 Å². The lowest BCUT2D eigenvalue weighted by Gasteiger charge is -2.40. The quantitative estimate of drug-likeness (QED) is 0.538. The molecule has 2 heterocycles. The zero-order chi connectivity index (χ0) is 19.3. The third-order valence-corrected chi connectivity index (χ3v) is 4.01. The normalized spacial score (nSPS) is 28.2. The Kier molecular flexibility index (Phi) is 6.78. The molecule has 0 aromatic carbocycles. The van der Waals surface area contributed by atoms with Crippen LogP contribution in [-0.4, -0.2) is 73.1 Å². The van der Waals surface area contributed by atoms with E-state index >= 15 is 0 Å². The predicted octanol–water partition coefficient (Wildman–Crippen LogP) is -0.0568. The van der Waals surface area contributed by atoms with Crippen LogP contribution in [0.3, 0.4) is 0 Å². The van der Waals surface area contributed by atoms with Crippen LogP contribution < -0.4 is 5.32 Å². The van der Waals surface area contributed by atoms with Gasteiger partial charge in [0.2, 0.25) is 0 Å². The van der Waals surface area contributed by atoms with E-state index in [0.717, 1.165) is 12.8 Å². The first-order valence-corrected chi connectivity index (χ1v) is 8.46. The second-order valence-electron chi connectivity index (χ2n) is 6.19. The van der Waals surface area contributed by atoms with Gasteiger partial charge in [-0.3, -0.25) is 14.4 Å². The first kappa shape index (κ1) is 20.0. The third kappa shape index (κ3) is 5.32. The van der Waals surface area contributed by atoms with Crippen molar-refractivity contribution < 1.29 is 38.1 Å². The molecule has 10 nitrogen and oxygen atoms in total. The van der Waals surface area contributed by atoms with Crippen LogP contribution in [0.5, 0.6) is 0 Å². The number of hydrogen-bond acceptors (Lipinski definition) is 8. The summed E-state index contributed by atoms with van der Waals surface area (Å²) < 4.78 is 21.1. The van der Waals surface area contributed by atoms with E-state index in [1.165, 1.54) is 20.8 Å². The van der Waals surface area contributed by atoms with E-state index in [0.29, 0.717) is 13.1 Å². The minimum atomic E-state index is -1.15. The monoisotopic (exact) mass is 372 g/mol. The van der Waals surface area contributed by atoms with Crippen molar-refractivity contribution in [2.24, 2.45) is 0 Å². The summed E-state index contributed by atoms with van der Waals surface area (Å²) in [6.07, 6.45) is -2.42. The van der Waals surface area contributed by atoms with Crippen LogP contribution in [-0.2, 0) is 33.3 Å². The van der Waals surface area contributed by atoms with Gasteiger partial charge in [-0.1, -0.05) is 0 Å². The maximum atomic E-state index is 12.3. The fourth-order valence-electron chi connectivity index (χ4n) is 3.00. The number of likely N-dealkylation sites (tertiary alicyclic amines) is 1. The first-order chi connectivity index (χ1) is 12.3. The SMILES string of the molecule is CC(=O)O[C@@H]1[C@@H](OC(C)=O)[C@H](OC(C)=O)CO[C@H]1NC(=O)N1CCCC1. The van der Waals surface area contributed by atoms with Crippen LogP contribution in [0.4, 0.5) is 4.79 Å². The molecule has 146 valence electrons. The van der Waals surface area contributed by atoms with Gasteiger partial charge in [0.15, 0.2) is 24.5 Å². The average molecular weight is 372 g/mol. The Morgan fingerprint density at radius 1 is 0.885 bits per heavy atom. The molecule has 0 radical (unpaired) electrons. The summed E-state index contributed by atoms with van der Waals surface area (Å²) in [5, 5.41) is 2.65. The van der Waals surface area contributed by atoms with E-state index in [2.05, 4.69) is 5.32 Å². The molecule has 0 saturated carbocycles. The number of nitrogens with zero attached hydrogens (tertiary/aromatic N) is 1. The first-order valence-electron chi connectivity index (χ1n) is 8.46. The van der Waals surface area contributed by atoms with Crippen molar-refractivity contribution in [1.29, 1.82) is 0 Å². The summed E-state index contributed by atoms with van der Waals surface area (Å²) in [6.45, 7) is 4.69. The van der Waals surface area contributed by atoms with Crippen LogP contribution in [0.25, 0.3) is 0 Å². The molecule has 0 unspecified atom stereocenters. The Bertz CT molecular complexity index is 560. The van der Waals surface area contributed by atoms with Crippen molar-refractivity contribution in [2.45, 2.75) is 58.2 Å². The highest BCUT2D eigenvalue weighted by Crippen LogP contribution is 2.24. The minimum Gasteiger partial charge on any atom is -0.456 e. The lowest BCUT2D eigenvalue weighted by molar-refractivity contribution is -0.228. The number of hydrogen-bond donors (Lipinski definition) is 1. The van der Waals surface area contributed by atoms with Crippen LogP contribution in [0.1, 0.15) is 33.6 Å². The second-order valence-corrected chi connectivity index (χ2v) is 6.19. The molecular formula is C16H24N2O8. The van der Waals surface area contributed by atoms with Gasteiger partial charge in [0.05, 0.1) is 6.61 Å². The molecule has 0 aromatic heterocycles. The Morgan fingerprint density at radius 2 is 1.42 bits per heavy atom. The highest BCUT2D eigenvalue weighted by atomic mass is 16.6. The van der Waals surface area contributed by atoms with E-state index in [9.17, 15) is 19.2 Å². The van der Waals surface area contributed by atoms with E-state index in [1.807, 2.05) is 0 Å². The van der Waals surface area contributed by atoms with Gasteiger partial charge in [-0.05, 0) is 12.8 Å². The van der Waals surface area contributed by atoms with Gasteiger partial charge in [-0.2, -0.15) is 0 Å². The van der Waals surface area contributed by atoms with Gasteiger partial charge in [0, 0.05) is 33.9 Å². The highest BCUT2D eigenvalue weighted by Gasteiger charge is 2.47. The molecule has 4 atom stereocenters. The van der Waals surface area contributed by atoms with Crippen molar-refractivity contribution in [3.8, 4) is 0 Å². The van der Waals surface area contributed by atoms with Gasteiger partial charge in [-0.15, -0.1) is 0 Å². The Balaban J connectivity index is 2.17. The number of carbonyl (C=O) groups excluding carboxylic acids is 4. The number of rotatable bonds is 4. The summed E-state index contributed by atoms with van der Waals surface area (Å²) in [4.78, 5) is 48.2. The zero-order valence-electron chi connectivity index (χ0n) is 15.1. The molecule has 2 aliphatic heterocycles. The number of amides is 2. The molecule has 2 saturated heterocycles. The number of carbonyl (C=O) groups is 4. The molecule has 10 heteroatoms. The van der Waals surface area contributed by atoms with Crippen molar-refractivity contribution in [3.63, 3.8) is 0 Å². The molecule has 0 spiro atoms. The van der Waals surface area contributed by atoms with Gasteiger partial charge in [0.25, 0.3) is 0 Å². The van der Waals surface area contributed by atoms with Crippen molar-refractivity contribution in [2.75, 3.05) is 19.7 Å². The fourth-order valence-corrected chi connectivity index (χ4v) is 3.00. The Labute approximate surface area is 151 Å². The van der Waals surface area contributed by atoms with Crippen LogP contribution in [0.15, 0.2) is 0 Å². The largest absolute Gasteiger partial charge is 0.456 e. The lowest BCUT2D eigenvalue weighted by atomic mass is 10.0. The fraction of sp³-hybridized carbons (Fsp3) is 0.750. The van der Waals surface area contributed by atoms with Gasteiger partial charge >= 0.3 is 23.9 Å². The summed E-state index contributed by atoms with van der Waals surface area (Å²) in [6, 6.07) is -0.364. The predicted molar refractivity (Wildman–Crippen MR) is 85.7 cm³/mol. The molecule has 1 N–H and O–H groups in total. The maximum absolute atomic E-state index is 12.3. The van der Waals surface area contributed by atoms with E-state index < -0.39 is 42.4 Å².